The molecule has 31 heavy (non-hydrogen) atoms. The van der Waals surface area contributed by atoms with Gasteiger partial charge >= 0.3 is 5.97 Å². The Kier molecular flexibility index (Phi) is 7.85. The second-order valence-electron chi connectivity index (χ2n) is 6.76. The van der Waals surface area contributed by atoms with E-state index < -0.39 is 18.4 Å². The molecule has 0 atom stereocenters. The number of carbonyl (C=O) groups excluding carboxylic acids is 2. The number of nitrogens with zero attached hydrogens (tertiary/aromatic N) is 1. The van der Waals surface area contributed by atoms with Crippen LogP contribution in [-0.4, -0.2) is 46.7 Å². The van der Waals surface area contributed by atoms with E-state index in [2.05, 4.69) is 11.9 Å². The third-order valence-corrected chi connectivity index (χ3v) is 4.31. The summed E-state index contributed by atoms with van der Waals surface area (Å²) in [4.78, 5) is 37.0. The highest BCUT2D eigenvalue weighted by Gasteiger charge is 2.17. The Morgan fingerprint density at radius 2 is 1.68 bits per heavy atom. The van der Waals surface area contributed by atoms with Crippen LogP contribution < -0.4 is 11.1 Å². The number of hydrogen-bond donors (Lipinski definition) is 4. The molecule has 5 N–H and O–H groups in total. The molecule has 0 bridgehead atoms. The number of nitrogens with one attached hydrogen (secondary N) is 2. The first-order valence-electron chi connectivity index (χ1n) is 9.37. The van der Waals surface area contributed by atoms with Crippen LogP contribution in [0.4, 0.5) is 5.69 Å². The number of benzene rings is 2. The highest BCUT2D eigenvalue weighted by molar-refractivity contribution is 6.05. The largest absolute Gasteiger partial charge is 0.480 e. The van der Waals surface area contributed by atoms with Crippen molar-refractivity contribution >= 4 is 35.4 Å². The maximum Gasteiger partial charge on any atom is 0.323 e. The van der Waals surface area contributed by atoms with Crippen molar-refractivity contribution in [3.63, 3.8) is 0 Å². The molecule has 2 aromatic carbocycles. The summed E-state index contributed by atoms with van der Waals surface area (Å²) in [5.41, 5.74) is 8.04. The molecule has 0 radical (unpaired) electrons. The first-order chi connectivity index (χ1) is 14.7. The molecule has 0 fully saturated rings. The summed E-state index contributed by atoms with van der Waals surface area (Å²) in [6.45, 7) is 4.86. The van der Waals surface area contributed by atoms with E-state index in [1.807, 2.05) is 0 Å². The standard InChI is InChI=1S/C23H24N4O4/c1-3-12-27(14-20(28)29)23(31)15(2)13-16-4-6-18(7-5-16)22(30)26-19-10-8-17(9-11-19)21(24)25/h3-11,13H,1,12,14H2,2H3,(H3,24,25)(H,26,30)(H,28,29)/b15-13+. The smallest absolute Gasteiger partial charge is 0.323 e. The van der Waals surface area contributed by atoms with Crippen LogP contribution in [0, 0.1) is 5.41 Å². The van der Waals surface area contributed by atoms with Gasteiger partial charge in [-0.25, -0.2) is 0 Å². The van der Waals surface area contributed by atoms with Crippen LogP contribution in [0.1, 0.15) is 28.4 Å². The van der Waals surface area contributed by atoms with Crippen molar-refractivity contribution in [2.24, 2.45) is 5.73 Å². The maximum absolute atomic E-state index is 12.5. The molecule has 0 aromatic heterocycles. The number of rotatable bonds is 9. The van der Waals surface area contributed by atoms with Gasteiger partial charge < -0.3 is 21.1 Å². The molecular formula is C23H24N4O4. The lowest BCUT2D eigenvalue weighted by Crippen LogP contribution is -2.36. The monoisotopic (exact) mass is 420 g/mol. The van der Waals surface area contributed by atoms with E-state index in [1.165, 1.54) is 11.0 Å². The summed E-state index contributed by atoms with van der Waals surface area (Å²) in [6, 6.07) is 13.2. The molecule has 2 rings (SSSR count). The number of amides is 2. The second kappa shape index (κ2) is 10.5. The van der Waals surface area contributed by atoms with Crippen LogP contribution in [-0.2, 0) is 9.59 Å². The van der Waals surface area contributed by atoms with Gasteiger partial charge in [0.2, 0.25) is 5.91 Å². The summed E-state index contributed by atoms with van der Waals surface area (Å²) < 4.78 is 0. The fraction of sp³-hybridized carbons (Fsp3) is 0.130. The molecule has 0 aliphatic heterocycles. The van der Waals surface area contributed by atoms with Gasteiger partial charge in [-0.1, -0.05) is 18.2 Å². The summed E-state index contributed by atoms with van der Waals surface area (Å²) in [7, 11) is 0. The van der Waals surface area contributed by atoms with Gasteiger partial charge in [-0.05, 0) is 55.0 Å². The van der Waals surface area contributed by atoms with Gasteiger partial charge in [0.1, 0.15) is 12.4 Å². The van der Waals surface area contributed by atoms with Crippen molar-refractivity contribution in [2.75, 3.05) is 18.4 Å². The molecule has 0 heterocycles. The van der Waals surface area contributed by atoms with E-state index >= 15 is 0 Å². The Labute approximate surface area is 180 Å². The fourth-order valence-electron chi connectivity index (χ4n) is 2.77. The molecular weight excluding hydrogens is 396 g/mol. The Hall–Kier alpha value is -4.20. The van der Waals surface area contributed by atoms with Crippen LogP contribution >= 0.6 is 0 Å². The van der Waals surface area contributed by atoms with Crippen molar-refractivity contribution in [3.8, 4) is 0 Å². The van der Waals surface area contributed by atoms with Gasteiger partial charge in [0, 0.05) is 28.9 Å². The molecule has 2 amide bonds. The molecule has 160 valence electrons. The number of nitrogen functional groups attached to an aromatic ring is 1. The predicted molar refractivity (Wildman–Crippen MR) is 120 cm³/mol. The first-order valence-corrected chi connectivity index (χ1v) is 9.37. The number of carboxylic acids is 1. The summed E-state index contributed by atoms with van der Waals surface area (Å²) >= 11 is 0. The summed E-state index contributed by atoms with van der Waals surface area (Å²) in [5.74, 6) is -1.86. The summed E-state index contributed by atoms with van der Waals surface area (Å²) in [6.07, 6.45) is 3.09. The van der Waals surface area contributed by atoms with Crippen LogP contribution in [0.5, 0.6) is 0 Å². The fourth-order valence-corrected chi connectivity index (χ4v) is 2.77. The molecule has 0 unspecified atom stereocenters. The highest BCUT2D eigenvalue weighted by atomic mass is 16.4. The number of aliphatic carboxylic acids is 1. The van der Waals surface area contributed by atoms with Gasteiger partial charge in [0.15, 0.2) is 0 Å². The normalized spacial score (nSPS) is 10.8. The van der Waals surface area contributed by atoms with Crippen molar-refractivity contribution in [1.29, 1.82) is 5.41 Å². The highest BCUT2D eigenvalue weighted by Crippen LogP contribution is 2.14. The first kappa shape index (κ1) is 23.1. The average molecular weight is 420 g/mol. The lowest BCUT2D eigenvalue weighted by molar-refractivity contribution is -0.142. The number of carbonyl (C=O) groups is 3. The predicted octanol–water partition coefficient (Wildman–Crippen LogP) is 2.73. The van der Waals surface area contributed by atoms with Crippen LogP contribution in [0.15, 0.2) is 66.8 Å². The topological polar surface area (TPSA) is 137 Å². The third kappa shape index (κ3) is 6.67. The zero-order chi connectivity index (χ0) is 23.0. The zero-order valence-corrected chi connectivity index (χ0v) is 17.1. The van der Waals surface area contributed by atoms with E-state index in [-0.39, 0.29) is 18.3 Å². The minimum atomic E-state index is -1.10. The zero-order valence-electron chi connectivity index (χ0n) is 17.1. The van der Waals surface area contributed by atoms with Crippen LogP contribution in [0.2, 0.25) is 0 Å². The molecule has 0 saturated carbocycles. The van der Waals surface area contributed by atoms with Gasteiger partial charge in [-0.3, -0.25) is 19.8 Å². The lowest BCUT2D eigenvalue weighted by Gasteiger charge is -2.19. The van der Waals surface area contributed by atoms with Gasteiger partial charge in [-0.15, -0.1) is 6.58 Å². The number of nitrogens with two attached hydrogens (primary N) is 1. The number of hydrogen-bond acceptors (Lipinski definition) is 4. The Bertz CT molecular complexity index is 1020. The second-order valence-corrected chi connectivity index (χ2v) is 6.76. The molecule has 8 heteroatoms. The third-order valence-electron chi connectivity index (χ3n) is 4.31. The Morgan fingerprint density at radius 3 is 2.19 bits per heavy atom. The van der Waals surface area contributed by atoms with Crippen molar-refractivity contribution < 1.29 is 19.5 Å². The molecule has 2 aromatic rings. The number of carboxylic acid groups (broad SMARTS) is 1. The minimum absolute atomic E-state index is 0.0501. The Balaban J connectivity index is 2.08. The quantitative estimate of drug-likeness (QED) is 0.214. The SMILES string of the molecule is C=CCN(CC(=O)O)C(=O)/C(C)=C/c1ccc(C(=O)Nc2ccc(C(=N)N)cc2)cc1. The van der Waals surface area contributed by atoms with Crippen LogP contribution in [0.3, 0.4) is 0 Å². The van der Waals surface area contributed by atoms with E-state index in [0.29, 0.717) is 28.0 Å². The van der Waals surface area contributed by atoms with E-state index in [4.69, 9.17) is 16.2 Å². The molecule has 8 nitrogen and oxygen atoms in total. The maximum atomic E-state index is 12.5. The van der Waals surface area contributed by atoms with Crippen molar-refractivity contribution in [2.45, 2.75) is 6.92 Å². The number of amidine groups is 1. The van der Waals surface area contributed by atoms with Gasteiger partial charge in [-0.2, -0.15) is 0 Å². The molecule has 0 spiro atoms. The average Bonchev–Trinajstić information content (AvgIpc) is 2.73. The number of anilines is 1. The Morgan fingerprint density at radius 1 is 1.10 bits per heavy atom. The summed E-state index contributed by atoms with van der Waals surface area (Å²) in [5, 5.41) is 19.1. The van der Waals surface area contributed by atoms with E-state index in [0.717, 1.165) is 0 Å². The van der Waals surface area contributed by atoms with Crippen LogP contribution in [0.25, 0.3) is 6.08 Å². The van der Waals surface area contributed by atoms with Gasteiger partial charge in [0.05, 0.1) is 0 Å². The van der Waals surface area contributed by atoms with E-state index in [9.17, 15) is 14.4 Å². The lowest BCUT2D eigenvalue weighted by atomic mass is 10.1. The van der Waals surface area contributed by atoms with Gasteiger partial charge in [0.25, 0.3) is 5.91 Å². The minimum Gasteiger partial charge on any atom is -0.480 e. The molecule has 0 saturated heterocycles. The molecule has 0 aliphatic rings. The van der Waals surface area contributed by atoms with Crippen molar-refractivity contribution in [3.05, 3.63) is 83.4 Å². The molecule has 0 aliphatic carbocycles. The van der Waals surface area contributed by atoms with Crippen molar-refractivity contribution in [1.82, 2.24) is 4.90 Å². The van der Waals surface area contributed by atoms with E-state index in [1.54, 1.807) is 61.5 Å².